The number of piperidine rings is 1. The van der Waals surface area contributed by atoms with E-state index < -0.39 is 11.4 Å². The molecule has 40 heavy (non-hydrogen) atoms. The van der Waals surface area contributed by atoms with Crippen molar-refractivity contribution in [2.75, 3.05) is 61.8 Å². The summed E-state index contributed by atoms with van der Waals surface area (Å²) in [5.41, 5.74) is 3.11. The van der Waals surface area contributed by atoms with Crippen LogP contribution in [0, 0.1) is 12.7 Å². The number of anilines is 5. The van der Waals surface area contributed by atoms with Crippen LogP contribution in [-0.4, -0.2) is 77.2 Å². The minimum absolute atomic E-state index is 0.404. The highest BCUT2D eigenvalue weighted by atomic mass is 79.9. The summed E-state index contributed by atoms with van der Waals surface area (Å²) in [6.45, 7) is 12.2. The summed E-state index contributed by atoms with van der Waals surface area (Å²) < 4.78 is 14.7. The summed E-state index contributed by atoms with van der Waals surface area (Å²) in [6.07, 6.45) is 4.05. The van der Waals surface area contributed by atoms with Crippen molar-refractivity contribution >= 4 is 44.8 Å². The van der Waals surface area contributed by atoms with E-state index in [2.05, 4.69) is 83.4 Å². The van der Waals surface area contributed by atoms with Crippen molar-refractivity contribution in [2.24, 2.45) is 0 Å². The molecule has 0 amide bonds. The Kier molecular flexibility index (Phi) is 8.61. The fraction of sp³-hybridized carbons (Fsp3) is 0.467. The van der Waals surface area contributed by atoms with E-state index in [-0.39, 0.29) is 0 Å². The average molecular weight is 613 g/mol. The molecule has 0 saturated carbocycles. The minimum atomic E-state index is -1.16. The van der Waals surface area contributed by atoms with Gasteiger partial charge in [0.25, 0.3) is 0 Å². The average Bonchev–Trinajstić information content (AvgIpc) is 2.91. The summed E-state index contributed by atoms with van der Waals surface area (Å²) in [5.74, 6) is 0.472. The number of nitrogens with zero attached hydrogens (tertiary/aromatic N) is 5. The van der Waals surface area contributed by atoms with E-state index in [0.29, 0.717) is 33.5 Å². The molecule has 0 unspecified atom stereocenters. The molecule has 3 N–H and O–H groups in total. The second-order valence-corrected chi connectivity index (χ2v) is 12.3. The molecule has 2 aliphatic rings. The number of halogens is 2. The first-order valence-corrected chi connectivity index (χ1v) is 14.7. The highest BCUT2D eigenvalue weighted by Gasteiger charge is 2.27. The van der Waals surface area contributed by atoms with Gasteiger partial charge in [-0.3, -0.25) is 4.90 Å². The lowest BCUT2D eigenvalue weighted by Crippen LogP contribution is -2.52. The van der Waals surface area contributed by atoms with Crippen molar-refractivity contribution in [3.05, 3.63) is 64.0 Å². The third-order valence-corrected chi connectivity index (χ3v) is 8.56. The van der Waals surface area contributed by atoms with Gasteiger partial charge < -0.3 is 25.5 Å². The number of aromatic nitrogens is 2. The molecule has 0 aliphatic carbocycles. The largest absolute Gasteiger partial charge is 0.386 e. The van der Waals surface area contributed by atoms with Gasteiger partial charge in [0, 0.05) is 74.1 Å². The lowest BCUT2D eigenvalue weighted by Gasteiger charge is -2.42. The zero-order valence-electron chi connectivity index (χ0n) is 23.7. The first kappa shape index (κ1) is 28.7. The van der Waals surface area contributed by atoms with Crippen LogP contribution in [-0.2, 0) is 5.60 Å². The SMILES string of the molecule is Cc1cc(N2CCC(N3CCN(C)CC3)CC2)ccc1Nc1ncc(Br)c(Nc2cc(F)ccc2C(C)(C)O)n1. The molecule has 0 spiro atoms. The van der Waals surface area contributed by atoms with Gasteiger partial charge in [-0.05, 0) is 92.5 Å². The Bertz CT molecular complexity index is 1330. The fourth-order valence-corrected chi connectivity index (χ4v) is 5.87. The van der Waals surface area contributed by atoms with Crippen molar-refractivity contribution in [3.8, 4) is 0 Å². The maximum absolute atomic E-state index is 14.0. The van der Waals surface area contributed by atoms with Gasteiger partial charge in [0.05, 0.1) is 10.1 Å². The zero-order valence-corrected chi connectivity index (χ0v) is 25.3. The fourth-order valence-electron chi connectivity index (χ4n) is 5.58. The van der Waals surface area contributed by atoms with Crippen LogP contribution in [0.3, 0.4) is 0 Å². The third kappa shape index (κ3) is 6.74. The normalized spacial score (nSPS) is 17.7. The van der Waals surface area contributed by atoms with E-state index in [4.69, 9.17) is 0 Å². The van der Waals surface area contributed by atoms with Crippen molar-refractivity contribution < 1.29 is 9.50 Å². The summed E-state index contributed by atoms with van der Waals surface area (Å²) in [6, 6.07) is 11.4. The van der Waals surface area contributed by atoms with Crippen molar-refractivity contribution in [2.45, 2.75) is 45.3 Å². The molecule has 0 atom stereocenters. The molecular formula is C30H39BrFN7O. The van der Waals surface area contributed by atoms with Crippen LogP contribution in [0.2, 0.25) is 0 Å². The number of aliphatic hydroxyl groups is 1. The van der Waals surface area contributed by atoms with Gasteiger partial charge in [0.2, 0.25) is 5.95 Å². The van der Waals surface area contributed by atoms with Crippen molar-refractivity contribution in [3.63, 3.8) is 0 Å². The Morgan fingerprint density at radius 1 is 0.975 bits per heavy atom. The van der Waals surface area contributed by atoms with Crippen LogP contribution in [0.25, 0.3) is 0 Å². The van der Waals surface area contributed by atoms with E-state index in [1.807, 2.05) is 0 Å². The van der Waals surface area contributed by atoms with Gasteiger partial charge in [-0.15, -0.1) is 0 Å². The van der Waals surface area contributed by atoms with Gasteiger partial charge in [-0.2, -0.15) is 4.98 Å². The van der Waals surface area contributed by atoms with E-state index in [1.54, 1.807) is 26.1 Å². The van der Waals surface area contributed by atoms with Gasteiger partial charge in [-0.25, -0.2) is 9.37 Å². The summed E-state index contributed by atoms with van der Waals surface area (Å²) in [7, 11) is 2.21. The Morgan fingerprint density at radius 2 is 1.70 bits per heavy atom. The topological polar surface area (TPSA) is 79.8 Å². The number of benzene rings is 2. The first-order chi connectivity index (χ1) is 19.1. The van der Waals surface area contributed by atoms with Crippen LogP contribution in [0.5, 0.6) is 0 Å². The van der Waals surface area contributed by atoms with Crippen molar-refractivity contribution in [1.82, 2.24) is 19.8 Å². The molecule has 2 aliphatic heterocycles. The number of nitrogens with one attached hydrogen (secondary N) is 2. The number of aryl methyl sites for hydroxylation is 1. The molecule has 3 heterocycles. The lowest BCUT2D eigenvalue weighted by molar-refractivity contribution is 0.0793. The molecule has 3 aromatic rings. The molecule has 5 rings (SSSR count). The minimum Gasteiger partial charge on any atom is -0.386 e. The number of piperazine rings is 1. The Labute approximate surface area is 244 Å². The molecular weight excluding hydrogens is 573 g/mol. The highest BCUT2D eigenvalue weighted by molar-refractivity contribution is 9.10. The van der Waals surface area contributed by atoms with Crippen molar-refractivity contribution in [1.29, 1.82) is 0 Å². The maximum Gasteiger partial charge on any atom is 0.229 e. The highest BCUT2D eigenvalue weighted by Crippen LogP contribution is 2.33. The molecule has 214 valence electrons. The lowest BCUT2D eigenvalue weighted by atomic mass is 9.96. The molecule has 2 fully saturated rings. The first-order valence-electron chi connectivity index (χ1n) is 13.9. The second kappa shape index (κ2) is 12.0. The van der Waals surface area contributed by atoms with Crippen LogP contribution in [0.4, 0.5) is 33.2 Å². The van der Waals surface area contributed by atoms with Gasteiger partial charge in [0.15, 0.2) is 0 Å². The Balaban J connectivity index is 1.25. The summed E-state index contributed by atoms with van der Waals surface area (Å²) >= 11 is 3.48. The molecule has 0 radical (unpaired) electrons. The Morgan fingerprint density at radius 3 is 2.38 bits per heavy atom. The smallest absolute Gasteiger partial charge is 0.229 e. The van der Waals surface area contributed by atoms with E-state index >= 15 is 0 Å². The number of likely N-dealkylation sites (N-methyl/N-ethyl adjacent to an activating group) is 1. The Hall–Kier alpha value is -2.79. The predicted octanol–water partition coefficient (Wildman–Crippen LogP) is 5.62. The maximum atomic E-state index is 14.0. The van der Waals surface area contributed by atoms with E-state index in [9.17, 15) is 9.50 Å². The number of rotatable bonds is 7. The van der Waals surface area contributed by atoms with E-state index in [0.717, 1.165) is 24.3 Å². The van der Waals surface area contributed by atoms with Crippen LogP contribution >= 0.6 is 15.9 Å². The number of hydrogen-bond acceptors (Lipinski definition) is 8. The molecule has 8 nitrogen and oxygen atoms in total. The summed E-state index contributed by atoms with van der Waals surface area (Å²) in [4.78, 5) is 16.6. The van der Waals surface area contributed by atoms with Crippen LogP contribution in [0.1, 0.15) is 37.8 Å². The van der Waals surface area contributed by atoms with Crippen LogP contribution in [0.15, 0.2) is 47.1 Å². The third-order valence-electron chi connectivity index (χ3n) is 7.98. The second-order valence-electron chi connectivity index (χ2n) is 11.4. The summed E-state index contributed by atoms with van der Waals surface area (Å²) in [5, 5.41) is 17.0. The molecule has 2 aromatic carbocycles. The predicted molar refractivity (Wildman–Crippen MR) is 163 cm³/mol. The van der Waals surface area contributed by atoms with Crippen LogP contribution < -0.4 is 15.5 Å². The molecule has 0 bridgehead atoms. The number of hydrogen-bond donors (Lipinski definition) is 3. The zero-order chi connectivity index (χ0) is 28.4. The standard InChI is InChI=1S/C30H39BrFN7O/c1-20-17-23(38-11-9-22(10-12-38)39-15-13-37(4)14-16-39)6-8-26(20)35-29-33-19-25(31)28(36-29)34-27-18-21(32)5-7-24(27)30(2,3)40/h5-8,17-19,22,40H,9-16H2,1-4H3,(H2,33,34,35,36). The molecule has 10 heteroatoms. The molecule has 1 aromatic heterocycles. The quantitative estimate of drug-likeness (QED) is 0.318. The van der Waals surface area contributed by atoms with Gasteiger partial charge in [0.1, 0.15) is 11.6 Å². The monoisotopic (exact) mass is 611 g/mol. The van der Waals surface area contributed by atoms with Gasteiger partial charge >= 0.3 is 0 Å². The molecule has 2 saturated heterocycles. The van der Waals surface area contributed by atoms with E-state index in [1.165, 1.54) is 56.8 Å². The van der Waals surface area contributed by atoms with Gasteiger partial charge in [-0.1, -0.05) is 6.07 Å².